The molecule has 0 spiro atoms. The predicted molar refractivity (Wildman–Crippen MR) is 80.1 cm³/mol. The summed E-state index contributed by atoms with van der Waals surface area (Å²) >= 11 is 0. The quantitative estimate of drug-likeness (QED) is 0.685. The zero-order valence-corrected chi connectivity index (χ0v) is 12.5. The van der Waals surface area contributed by atoms with Crippen molar-refractivity contribution in [1.29, 1.82) is 0 Å². The van der Waals surface area contributed by atoms with Crippen molar-refractivity contribution in [1.82, 2.24) is 5.32 Å². The van der Waals surface area contributed by atoms with Crippen molar-refractivity contribution in [2.24, 2.45) is 11.8 Å². The second-order valence-corrected chi connectivity index (χ2v) is 5.26. The van der Waals surface area contributed by atoms with Gasteiger partial charge < -0.3 is 15.2 Å². The number of rotatable bonds is 9. The number of carbonyl (C=O) groups is 2. The zero-order chi connectivity index (χ0) is 15.7. The summed E-state index contributed by atoms with van der Waals surface area (Å²) in [7, 11) is 0. The maximum absolute atomic E-state index is 11.6. The van der Waals surface area contributed by atoms with Crippen molar-refractivity contribution >= 4 is 11.9 Å². The Kier molecular flexibility index (Phi) is 7.29. The molecule has 0 aromatic heterocycles. The monoisotopic (exact) mass is 293 g/mol. The van der Waals surface area contributed by atoms with E-state index >= 15 is 0 Å². The highest BCUT2D eigenvalue weighted by Crippen LogP contribution is 2.10. The Bertz CT molecular complexity index is 445. The average molecular weight is 293 g/mol. The molecule has 0 radical (unpaired) electrons. The molecule has 0 heterocycles. The lowest BCUT2D eigenvalue weighted by molar-refractivity contribution is -0.143. The lowest BCUT2D eigenvalue weighted by Gasteiger charge is -2.16. The fraction of sp³-hybridized carbons (Fsp3) is 0.500. The first kappa shape index (κ1) is 17.0. The molecule has 1 unspecified atom stereocenters. The van der Waals surface area contributed by atoms with Crippen LogP contribution in [0.15, 0.2) is 30.3 Å². The topological polar surface area (TPSA) is 75.6 Å². The van der Waals surface area contributed by atoms with Crippen LogP contribution in [-0.2, 0) is 9.59 Å². The number of hydrogen-bond acceptors (Lipinski definition) is 3. The Morgan fingerprint density at radius 2 is 1.90 bits per heavy atom. The van der Waals surface area contributed by atoms with E-state index in [1.54, 1.807) is 0 Å². The van der Waals surface area contributed by atoms with Crippen LogP contribution in [0.5, 0.6) is 5.75 Å². The second-order valence-electron chi connectivity index (χ2n) is 5.26. The third-order valence-electron chi connectivity index (χ3n) is 3.20. The van der Waals surface area contributed by atoms with Crippen LogP contribution >= 0.6 is 0 Å². The number of carboxylic acid groups (broad SMARTS) is 1. The smallest absolute Gasteiger partial charge is 0.308 e. The van der Waals surface area contributed by atoms with E-state index in [0.717, 1.165) is 5.75 Å². The molecule has 1 aromatic rings. The van der Waals surface area contributed by atoms with Gasteiger partial charge in [-0.05, 0) is 24.5 Å². The van der Waals surface area contributed by atoms with Crippen LogP contribution in [0.3, 0.4) is 0 Å². The molecular formula is C16H23NO4. The van der Waals surface area contributed by atoms with Gasteiger partial charge in [-0.3, -0.25) is 9.59 Å². The summed E-state index contributed by atoms with van der Waals surface area (Å²) in [6.07, 6.45) is 0.928. The first-order valence-corrected chi connectivity index (χ1v) is 7.18. The van der Waals surface area contributed by atoms with Gasteiger partial charge in [-0.1, -0.05) is 32.0 Å². The average Bonchev–Trinajstić information content (AvgIpc) is 2.44. The molecule has 116 valence electrons. The minimum absolute atomic E-state index is 0.00999. The number of para-hydroxylation sites is 1. The standard InChI is InChI=1S/C16H23NO4/c1-12(2)14(16(19)20)11-17-15(18)9-6-10-21-13-7-4-3-5-8-13/h3-5,7-8,12,14H,6,9-11H2,1-2H3,(H,17,18)(H,19,20). The Balaban J connectivity index is 2.18. The fourth-order valence-electron chi connectivity index (χ4n) is 1.86. The van der Waals surface area contributed by atoms with Crippen LogP contribution in [0.2, 0.25) is 0 Å². The lowest BCUT2D eigenvalue weighted by atomic mass is 9.96. The second kappa shape index (κ2) is 9.00. The van der Waals surface area contributed by atoms with E-state index in [1.165, 1.54) is 0 Å². The van der Waals surface area contributed by atoms with Gasteiger partial charge in [-0.25, -0.2) is 0 Å². The van der Waals surface area contributed by atoms with Crippen molar-refractivity contribution in [2.75, 3.05) is 13.2 Å². The van der Waals surface area contributed by atoms with E-state index in [1.807, 2.05) is 44.2 Å². The van der Waals surface area contributed by atoms with E-state index in [9.17, 15) is 9.59 Å². The molecule has 1 atom stereocenters. The molecule has 5 nitrogen and oxygen atoms in total. The number of hydrogen-bond donors (Lipinski definition) is 2. The van der Waals surface area contributed by atoms with Gasteiger partial charge in [0.25, 0.3) is 0 Å². The summed E-state index contributed by atoms with van der Waals surface area (Å²) in [6, 6.07) is 9.41. The maximum atomic E-state index is 11.6. The Labute approximate surface area is 125 Å². The van der Waals surface area contributed by atoms with Crippen molar-refractivity contribution in [3.63, 3.8) is 0 Å². The third-order valence-corrected chi connectivity index (χ3v) is 3.20. The zero-order valence-electron chi connectivity index (χ0n) is 12.5. The van der Waals surface area contributed by atoms with Gasteiger partial charge in [0, 0.05) is 13.0 Å². The van der Waals surface area contributed by atoms with E-state index in [-0.39, 0.29) is 18.4 Å². The maximum Gasteiger partial charge on any atom is 0.308 e. The predicted octanol–water partition coefficient (Wildman–Crippen LogP) is 2.32. The molecule has 0 bridgehead atoms. The van der Waals surface area contributed by atoms with Crippen molar-refractivity contribution < 1.29 is 19.4 Å². The molecule has 21 heavy (non-hydrogen) atoms. The van der Waals surface area contributed by atoms with E-state index < -0.39 is 11.9 Å². The Morgan fingerprint density at radius 1 is 1.24 bits per heavy atom. The van der Waals surface area contributed by atoms with E-state index in [4.69, 9.17) is 9.84 Å². The molecular weight excluding hydrogens is 270 g/mol. The SMILES string of the molecule is CC(C)C(CNC(=O)CCCOc1ccccc1)C(=O)O. The van der Waals surface area contributed by atoms with Gasteiger partial charge in [0.15, 0.2) is 0 Å². The van der Waals surface area contributed by atoms with Gasteiger partial charge in [-0.15, -0.1) is 0 Å². The van der Waals surface area contributed by atoms with E-state index in [2.05, 4.69) is 5.32 Å². The largest absolute Gasteiger partial charge is 0.494 e. The highest BCUT2D eigenvalue weighted by Gasteiger charge is 2.21. The number of carbonyl (C=O) groups excluding carboxylic acids is 1. The first-order valence-electron chi connectivity index (χ1n) is 7.18. The number of amides is 1. The van der Waals surface area contributed by atoms with Crippen LogP contribution in [0, 0.1) is 11.8 Å². The Morgan fingerprint density at radius 3 is 2.48 bits per heavy atom. The van der Waals surface area contributed by atoms with Gasteiger partial charge in [0.05, 0.1) is 12.5 Å². The first-order chi connectivity index (χ1) is 10.0. The fourth-order valence-corrected chi connectivity index (χ4v) is 1.86. The number of ether oxygens (including phenoxy) is 1. The van der Waals surface area contributed by atoms with Crippen LogP contribution in [-0.4, -0.2) is 30.1 Å². The molecule has 1 aromatic carbocycles. The summed E-state index contributed by atoms with van der Waals surface area (Å²) in [5.74, 6) is -0.793. The van der Waals surface area contributed by atoms with Gasteiger partial charge in [0.1, 0.15) is 5.75 Å². The molecule has 1 amide bonds. The van der Waals surface area contributed by atoms with Crippen molar-refractivity contribution in [3.05, 3.63) is 30.3 Å². The van der Waals surface area contributed by atoms with Crippen LogP contribution in [0.25, 0.3) is 0 Å². The molecule has 2 N–H and O–H groups in total. The molecule has 0 aliphatic rings. The minimum atomic E-state index is -0.877. The summed E-state index contributed by atoms with van der Waals surface area (Å²) in [5.41, 5.74) is 0. The number of carboxylic acids is 1. The summed E-state index contributed by atoms with van der Waals surface area (Å²) in [6.45, 7) is 4.30. The van der Waals surface area contributed by atoms with Gasteiger partial charge in [-0.2, -0.15) is 0 Å². The number of benzene rings is 1. The number of aliphatic carboxylic acids is 1. The normalized spacial score (nSPS) is 12.0. The molecule has 1 rings (SSSR count). The highest BCUT2D eigenvalue weighted by atomic mass is 16.5. The van der Waals surface area contributed by atoms with Crippen molar-refractivity contribution in [2.45, 2.75) is 26.7 Å². The van der Waals surface area contributed by atoms with Crippen LogP contribution in [0.4, 0.5) is 0 Å². The summed E-state index contributed by atoms with van der Waals surface area (Å²) in [4.78, 5) is 22.6. The summed E-state index contributed by atoms with van der Waals surface area (Å²) < 4.78 is 5.48. The van der Waals surface area contributed by atoms with Gasteiger partial charge in [0.2, 0.25) is 5.91 Å². The number of nitrogens with one attached hydrogen (secondary N) is 1. The molecule has 0 aliphatic heterocycles. The highest BCUT2D eigenvalue weighted by molar-refractivity contribution is 5.77. The molecule has 5 heteroatoms. The van der Waals surface area contributed by atoms with Gasteiger partial charge >= 0.3 is 5.97 Å². The minimum Gasteiger partial charge on any atom is -0.494 e. The van der Waals surface area contributed by atoms with E-state index in [0.29, 0.717) is 19.4 Å². The third kappa shape index (κ3) is 6.79. The molecule has 0 fully saturated rings. The van der Waals surface area contributed by atoms with Crippen LogP contribution in [0.1, 0.15) is 26.7 Å². The molecule has 0 aliphatic carbocycles. The summed E-state index contributed by atoms with van der Waals surface area (Å²) in [5, 5.41) is 11.7. The van der Waals surface area contributed by atoms with Crippen LogP contribution < -0.4 is 10.1 Å². The molecule has 0 saturated heterocycles. The van der Waals surface area contributed by atoms with Crippen molar-refractivity contribution in [3.8, 4) is 5.75 Å². The Hall–Kier alpha value is -2.04. The molecule has 0 saturated carbocycles. The lowest BCUT2D eigenvalue weighted by Crippen LogP contribution is -2.35.